The van der Waals surface area contributed by atoms with Crippen molar-refractivity contribution in [2.24, 2.45) is 0 Å². The van der Waals surface area contributed by atoms with Gasteiger partial charge in [0.15, 0.2) is 0 Å². The van der Waals surface area contributed by atoms with Crippen LogP contribution in [0.1, 0.15) is 82.4 Å². The molecule has 11 heteroatoms. The Bertz CT molecular complexity index is 2060. The summed E-state index contributed by atoms with van der Waals surface area (Å²) in [5.74, 6) is -0.0517. The summed E-state index contributed by atoms with van der Waals surface area (Å²) < 4.78 is 6.04. The van der Waals surface area contributed by atoms with Crippen LogP contribution in [-0.4, -0.2) is 77.2 Å². The van der Waals surface area contributed by atoms with Gasteiger partial charge in [-0.05, 0) is 83.5 Å². The quantitative estimate of drug-likeness (QED) is 0.0382. The van der Waals surface area contributed by atoms with Crippen LogP contribution in [0.2, 0.25) is 0 Å². The van der Waals surface area contributed by atoms with Crippen LogP contribution >= 0.6 is 23.4 Å². The van der Waals surface area contributed by atoms with Gasteiger partial charge in [0.2, 0.25) is 17.7 Å². The SMILES string of the molecule is CN(CCOc1ccc(/C(=C(/CCCl)c2ccccc2)c2ccccc2)cc1)C(=O)CCCCCSc1cccc2c1C(=O)N(C1CCC(=O)NC1=O)C2=O. The number of carbonyl (C=O) groups is 5. The van der Waals surface area contributed by atoms with Crippen molar-refractivity contribution in [3.05, 3.63) is 131 Å². The number of likely N-dealkylation sites (N-methyl/N-ethyl adjacent to an activating group) is 1. The molecular formula is C44H44ClN3O6S. The number of nitrogens with zero attached hydrogens (tertiary/aromatic N) is 2. The molecule has 1 N–H and O–H groups in total. The molecule has 0 spiro atoms. The number of amides is 5. The smallest absolute Gasteiger partial charge is 0.263 e. The molecule has 9 nitrogen and oxygen atoms in total. The Kier molecular flexibility index (Phi) is 13.6. The van der Waals surface area contributed by atoms with Gasteiger partial charge >= 0.3 is 0 Å². The molecule has 0 bridgehead atoms. The zero-order valence-electron chi connectivity index (χ0n) is 30.8. The van der Waals surface area contributed by atoms with E-state index in [0.29, 0.717) is 41.7 Å². The van der Waals surface area contributed by atoms with Gasteiger partial charge in [0.1, 0.15) is 18.4 Å². The molecule has 0 saturated carbocycles. The van der Waals surface area contributed by atoms with Crippen LogP contribution in [0.4, 0.5) is 0 Å². The molecule has 1 atom stereocenters. The highest BCUT2D eigenvalue weighted by molar-refractivity contribution is 7.99. The molecule has 5 amide bonds. The van der Waals surface area contributed by atoms with E-state index in [1.165, 1.54) is 17.3 Å². The topological polar surface area (TPSA) is 113 Å². The predicted octanol–water partition coefficient (Wildman–Crippen LogP) is 7.87. The van der Waals surface area contributed by atoms with E-state index in [1.54, 1.807) is 24.1 Å². The first kappa shape index (κ1) is 39.5. The van der Waals surface area contributed by atoms with Crippen molar-refractivity contribution in [3.8, 4) is 5.75 Å². The molecule has 1 fully saturated rings. The summed E-state index contributed by atoms with van der Waals surface area (Å²) in [5, 5.41) is 2.23. The van der Waals surface area contributed by atoms with E-state index in [4.69, 9.17) is 16.3 Å². The highest BCUT2D eigenvalue weighted by Gasteiger charge is 2.45. The first-order valence-electron chi connectivity index (χ1n) is 18.6. The molecule has 6 rings (SSSR count). The highest BCUT2D eigenvalue weighted by atomic mass is 35.5. The van der Waals surface area contributed by atoms with E-state index in [2.05, 4.69) is 41.7 Å². The largest absolute Gasteiger partial charge is 0.492 e. The fourth-order valence-electron chi connectivity index (χ4n) is 6.94. The molecular weight excluding hydrogens is 734 g/mol. The van der Waals surface area contributed by atoms with Gasteiger partial charge in [-0.25, -0.2) is 0 Å². The van der Waals surface area contributed by atoms with Crippen LogP contribution in [0.25, 0.3) is 11.1 Å². The molecule has 284 valence electrons. The maximum Gasteiger partial charge on any atom is 0.263 e. The van der Waals surface area contributed by atoms with Crippen molar-refractivity contribution >= 4 is 64.0 Å². The Morgan fingerprint density at radius 1 is 0.818 bits per heavy atom. The summed E-state index contributed by atoms with van der Waals surface area (Å²) in [5.41, 5.74) is 6.24. The molecule has 1 unspecified atom stereocenters. The first-order chi connectivity index (χ1) is 26.8. The average molecular weight is 778 g/mol. The zero-order chi connectivity index (χ0) is 38.7. The molecule has 55 heavy (non-hydrogen) atoms. The molecule has 4 aromatic carbocycles. The Balaban J connectivity index is 0.947. The van der Waals surface area contributed by atoms with E-state index < -0.39 is 29.7 Å². The van der Waals surface area contributed by atoms with Gasteiger partial charge in [0, 0.05) is 30.7 Å². The maximum atomic E-state index is 13.3. The van der Waals surface area contributed by atoms with E-state index in [-0.39, 0.29) is 24.3 Å². The number of halogens is 1. The summed E-state index contributed by atoms with van der Waals surface area (Å²) in [4.78, 5) is 66.7. The Labute approximate surface area is 331 Å². The van der Waals surface area contributed by atoms with Crippen molar-refractivity contribution in [2.75, 3.05) is 31.8 Å². The number of fused-ring (bicyclic) bond motifs is 1. The summed E-state index contributed by atoms with van der Waals surface area (Å²) in [7, 11) is 1.79. The molecule has 2 aliphatic rings. The fraction of sp³-hybridized carbons (Fsp3) is 0.295. The van der Waals surface area contributed by atoms with Gasteiger partial charge in [-0.1, -0.05) is 85.3 Å². The predicted molar refractivity (Wildman–Crippen MR) is 216 cm³/mol. The zero-order valence-corrected chi connectivity index (χ0v) is 32.4. The van der Waals surface area contributed by atoms with Crippen molar-refractivity contribution in [1.82, 2.24) is 15.1 Å². The molecule has 2 heterocycles. The van der Waals surface area contributed by atoms with Crippen molar-refractivity contribution in [2.45, 2.75) is 55.9 Å². The maximum absolute atomic E-state index is 13.3. The number of hydrogen-bond acceptors (Lipinski definition) is 7. The minimum atomic E-state index is -0.992. The van der Waals surface area contributed by atoms with Gasteiger partial charge in [0.05, 0.1) is 17.7 Å². The number of imide groups is 2. The number of ether oxygens (including phenoxy) is 1. The second-order valence-corrected chi connectivity index (χ2v) is 15.0. The van der Waals surface area contributed by atoms with Crippen LogP contribution in [0, 0.1) is 0 Å². The van der Waals surface area contributed by atoms with Gasteiger partial charge in [-0.15, -0.1) is 23.4 Å². The van der Waals surface area contributed by atoms with Gasteiger partial charge in [-0.2, -0.15) is 0 Å². The van der Waals surface area contributed by atoms with Crippen molar-refractivity contribution in [3.63, 3.8) is 0 Å². The number of carbonyl (C=O) groups excluding carboxylic acids is 5. The third-order valence-electron chi connectivity index (χ3n) is 9.82. The average Bonchev–Trinajstić information content (AvgIpc) is 3.46. The van der Waals surface area contributed by atoms with Crippen LogP contribution in [0.3, 0.4) is 0 Å². The van der Waals surface area contributed by atoms with Crippen LogP contribution in [-0.2, 0) is 14.4 Å². The lowest BCUT2D eigenvalue weighted by atomic mass is 9.88. The van der Waals surface area contributed by atoms with Gasteiger partial charge in [-0.3, -0.25) is 34.2 Å². The van der Waals surface area contributed by atoms with Crippen molar-refractivity contribution in [1.29, 1.82) is 0 Å². The highest BCUT2D eigenvalue weighted by Crippen LogP contribution is 2.36. The number of hydrogen-bond donors (Lipinski definition) is 1. The molecule has 2 aliphatic heterocycles. The summed E-state index contributed by atoms with van der Waals surface area (Å²) in [6.07, 6.45) is 3.72. The fourth-order valence-corrected chi connectivity index (χ4v) is 8.22. The molecule has 0 aliphatic carbocycles. The van der Waals surface area contributed by atoms with E-state index >= 15 is 0 Å². The molecule has 1 saturated heterocycles. The third kappa shape index (κ3) is 9.55. The second kappa shape index (κ2) is 18.9. The van der Waals surface area contributed by atoms with Crippen LogP contribution in [0.15, 0.2) is 108 Å². The second-order valence-electron chi connectivity index (χ2n) is 13.5. The Morgan fingerprint density at radius 2 is 1.51 bits per heavy atom. The lowest BCUT2D eigenvalue weighted by molar-refractivity contribution is -0.136. The number of alkyl halides is 1. The number of unbranched alkanes of at least 4 members (excludes halogenated alkanes) is 2. The molecule has 0 aromatic heterocycles. The van der Waals surface area contributed by atoms with Crippen LogP contribution < -0.4 is 10.1 Å². The van der Waals surface area contributed by atoms with Crippen LogP contribution in [0.5, 0.6) is 5.75 Å². The van der Waals surface area contributed by atoms with Gasteiger partial charge in [0.25, 0.3) is 11.8 Å². The first-order valence-corrected chi connectivity index (χ1v) is 20.1. The Hall–Kier alpha value is -5.19. The molecule has 0 radical (unpaired) electrons. The lowest BCUT2D eigenvalue weighted by Gasteiger charge is -2.27. The number of nitrogens with one attached hydrogen (secondary N) is 1. The normalized spacial score (nSPS) is 15.7. The summed E-state index contributed by atoms with van der Waals surface area (Å²) >= 11 is 7.78. The lowest BCUT2D eigenvalue weighted by Crippen LogP contribution is -2.54. The number of rotatable bonds is 17. The molecule has 4 aromatic rings. The number of thioether (sulfide) groups is 1. The number of piperidine rings is 1. The summed E-state index contributed by atoms with van der Waals surface area (Å²) in [6.45, 7) is 0.825. The number of allylic oxidation sites excluding steroid dienone is 1. The standard InChI is InChI=1S/C44H44ClN3O6S/c1-47(27-28-54-33-21-19-32(20-22-33)40(31-14-7-3-8-15-31)34(25-26-45)30-12-5-2-6-13-30)39(50)18-9-4-10-29-55-37-17-11-16-35-41(37)44(53)48(43(35)52)36-23-24-38(49)46-42(36)51/h2-3,5-8,11-17,19-22,36H,4,9-10,18,23-29H2,1H3,(H,46,49,51)/b40-34-. The monoisotopic (exact) mass is 777 g/mol. The minimum Gasteiger partial charge on any atom is -0.492 e. The van der Waals surface area contributed by atoms with E-state index in [0.717, 1.165) is 58.6 Å². The minimum absolute atomic E-state index is 0.0514. The summed E-state index contributed by atoms with van der Waals surface area (Å²) in [6, 6.07) is 32.9. The van der Waals surface area contributed by atoms with E-state index in [9.17, 15) is 24.0 Å². The van der Waals surface area contributed by atoms with Gasteiger partial charge < -0.3 is 9.64 Å². The number of benzene rings is 4. The van der Waals surface area contributed by atoms with Crippen molar-refractivity contribution < 1.29 is 28.7 Å². The third-order valence-corrected chi connectivity index (χ3v) is 11.2. The van der Waals surface area contributed by atoms with E-state index in [1.807, 2.05) is 54.6 Å². The Morgan fingerprint density at radius 3 is 2.20 bits per heavy atom.